The van der Waals surface area contributed by atoms with Crippen molar-refractivity contribution in [3.8, 4) is 5.69 Å². The SMILES string of the molecule is Cc1ccc(-n2c(SCC(=O)O)nc3sc4c(c3c2=O)[C@@H](C)CCC4)cc1. The number of benzene rings is 1. The van der Waals surface area contributed by atoms with Gasteiger partial charge in [0.2, 0.25) is 0 Å². The van der Waals surface area contributed by atoms with Gasteiger partial charge in [0.05, 0.1) is 16.8 Å². The molecule has 1 N–H and O–H groups in total. The van der Waals surface area contributed by atoms with Crippen LogP contribution in [0.2, 0.25) is 0 Å². The summed E-state index contributed by atoms with van der Waals surface area (Å²) in [4.78, 5) is 31.3. The molecule has 1 aromatic carbocycles. The second-order valence-corrected chi connectivity index (χ2v) is 8.99. The maximum absolute atomic E-state index is 13.5. The third-order valence-corrected chi connectivity index (χ3v) is 7.04. The van der Waals surface area contributed by atoms with Crippen molar-refractivity contribution in [1.82, 2.24) is 9.55 Å². The molecule has 0 fully saturated rings. The molecule has 7 heteroatoms. The van der Waals surface area contributed by atoms with Gasteiger partial charge in [-0.1, -0.05) is 36.4 Å². The smallest absolute Gasteiger partial charge is 0.313 e. The summed E-state index contributed by atoms with van der Waals surface area (Å²) >= 11 is 2.68. The number of nitrogens with zero attached hydrogens (tertiary/aromatic N) is 2. The molecule has 0 radical (unpaired) electrons. The van der Waals surface area contributed by atoms with Gasteiger partial charge in [0.25, 0.3) is 5.56 Å². The molecule has 140 valence electrons. The number of hydrogen-bond donors (Lipinski definition) is 1. The van der Waals surface area contributed by atoms with Crippen molar-refractivity contribution in [2.24, 2.45) is 0 Å². The Kier molecular flexibility index (Phi) is 4.82. The van der Waals surface area contributed by atoms with Gasteiger partial charge in [-0.15, -0.1) is 11.3 Å². The summed E-state index contributed by atoms with van der Waals surface area (Å²) in [5.74, 6) is -0.712. The van der Waals surface area contributed by atoms with Crippen LogP contribution < -0.4 is 5.56 Å². The highest BCUT2D eigenvalue weighted by atomic mass is 32.2. The molecule has 0 unspecified atom stereocenters. The molecule has 1 aliphatic carbocycles. The van der Waals surface area contributed by atoms with Crippen molar-refractivity contribution in [1.29, 1.82) is 0 Å². The number of hydrogen-bond acceptors (Lipinski definition) is 5. The van der Waals surface area contributed by atoms with Crippen LogP contribution in [-0.2, 0) is 11.2 Å². The van der Waals surface area contributed by atoms with Crippen LogP contribution in [0.25, 0.3) is 15.9 Å². The third kappa shape index (κ3) is 3.30. The second-order valence-electron chi connectivity index (χ2n) is 6.97. The van der Waals surface area contributed by atoms with Crippen LogP contribution in [0.1, 0.15) is 41.7 Å². The molecule has 0 saturated heterocycles. The van der Waals surface area contributed by atoms with Gasteiger partial charge < -0.3 is 5.11 Å². The number of carboxylic acid groups (broad SMARTS) is 1. The molecule has 4 rings (SSSR count). The zero-order valence-corrected chi connectivity index (χ0v) is 16.8. The predicted octanol–water partition coefficient (Wildman–Crippen LogP) is 4.37. The van der Waals surface area contributed by atoms with Crippen molar-refractivity contribution < 1.29 is 9.90 Å². The fourth-order valence-corrected chi connectivity index (χ4v) is 5.77. The van der Waals surface area contributed by atoms with Crippen LogP contribution in [-0.4, -0.2) is 26.4 Å². The molecule has 27 heavy (non-hydrogen) atoms. The molecule has 0 spiro atoms. The maximum Gasteiger partial charge on any atom is 0.313 e. The minimum Gasteiger partial charge on any atom is -0.481 e. The van der Waals surface area contributed by atoms with E-state index in [1.54, 1.807) is 15.9 Å². The van der Waals surface area contributed by atoms with Crippen LogP contribution in [0.4, 0.5) is 0 Å². The summed E-state index contributed by atoms with van der Waals surface area (Å²) in [5.41, 5.74) is 2.87. The molecule has 2 aromatic heterocycles. The van der Waals surface area contributed by atoms with Gasteiger partial charge >= 0.3 is 5.97 Å². The lowest BCUT2D eigenvalue weighted by Gasteiger charge is -2.19. The number of carbonyl (C=O) groups is 1. The lowest BCUT2D eigenvalue weighted by atomic mass is 9.88. The monoisotopic (exact) mass is 400 g/mol. The van der Waals surface area contributed by atoms with E-state index >= 15 is 0 Å². The Balaban J connectivity index is 1.99. The van der Waals surface area contributed by atoms with Crippen LogP contribution in [0.5, 0.6) is 0 Å². The molecule has 1 atom stereocenters. The number of carboxylic acids is 1. The highest BCUT2D eigenvalue weighted by molar-refractivity contribution is 7.99. The molecule has 2 heterocycles. The maximum atomic E-state index is 13.5. The Labute approximate surface area is 165 Å². The van der Waals surface area contributed by atoms with Crippen LogP contribution in [0, 0.1) is 6.92 Å². The first-order valence-corrected chi connectivity index (χ1v) is 10.8. The number of aromatic nitrogens is 2. The summed E-state index contributed by atoms with van der Waals surface area (Å²) in [6.45, 7) is 4.16. The number of thiophene rings is 1. The second kappa shape index (κ2) is 7.13. The van der Waals surface area contributed by atoms with E-state index in [4.69, 9.17) is 10.1 Å². The molecule has 0 bridgehead atoms. The molecule has 1 aliphatic rings. The Morgan fingerprint density at radius 2 is 2.11 bits per heavy atom. The van der Waals surface area contributed by atoms with Crippen LogP contribution >= 0.6 is 23.1 Å². The standard InChI is InChI=1S/C20H20N2O3S2/c1-11-6-8-13(9-7-11)22-19(25)17-16-12(2)4-3-5-14(16)27-18(17)21-20(22)26-10-15(23)24/h6-9,12H,3-5,10H2,1-2H3,(H,23,24)/t12-/m0/s1. The van der Waals surface area contributed by atoms with Gasteiger partial charge in [0, 0.05) is 4.88 Å². The van der Waals surface area contributed by atoms with Crippen molar-refractivity contribution in [2.75, 3.05) is 5.75 Å². The van der Waals surface area contributed by atoms with Gasteiger partial charge in [-0.2, -0.15) is 0 Å². The molecule has 0 aliphatic heterocycles. The fraction of sp³-hybridized carbons (Fsp3) is 0.350. The Morgan fingerprint density at radius 3 is 2.81 bits per heavy atom. The molecule has 0 amide bonds. The topological polar surface area (TPSA) is 72.2 Å². The van der Waals surface area contributed by atoms with Gasteiger partial charge in [0.15, 0.2) is 5.16 Å². The summed E-state index contributed by atoms with van der Waals surface area (Å²) in [5, 5.41) is 10.2. The third-order valence-electron chi connectivity index (χ3n) is 4.96. The van der Waals surface area contributed by atoms with E-state index in [1.165, 1.54) is 4.88 Å². The average Bonchev–Trinajstić information content (AvgIpc) is 3.01. The Bertz CT molecular complexity index is 1080. The first-order valence-electron chi connectivity index (χ1n) is 8.95. The van der Waals surface area contributed by atoms with Crippen LogP contribution in [0.15, 0.2) is 34.2 Å². The molecule has 5 nitrogen and oxygen atoms in total. The van der Waals surface area contributed by atoms with E-state index in [9.17, 15) is 9.59 Å². The highest BCUT2D eigenvalue weighted by Crippen LogP contribution is 2.40. The molecular weight excluding hydrogens is 380 g/mol. The van der Waals surface area contributed by atoms with Crippen molar-refractivity contribution >= 4 is 39.3 Å². The van der Waals surface area contributed by atoms with E-state index < -0.39 is 5.97 Å². The van der Waals surface area contributed by atoms with Crippen molar-refractivity contribution in [3.05, 3.63) is 50.6 Å². The van der Waals surface area contributed by atoms with E-state index in [0.29, 0.717) is 16.5 Å². The van der Waals surface area contributed by atoms with Gasteiger partial charge in [-0.05, 0) is 49.8 Å². The number of rotatable bonds is 4. The Morgan fingerprint density at radius 1 is 1.37 bits per heavy atom. The summed E-state index contributed by atoms with van der Waals surface area (Å²) in [6.07, 6.45) is 3.20. The number of aliphatic carboxylic acids is 1. The first-order chi connectivity index (χ1) is 13.0. The van der Waals surface area contributed by atoms with Gasteiger partial charge in [-0.3, -0.25) is 14.2 Å². The quantitative estimate of drug-likeness (QED) is 0.520. The van der Waals surface area contributed by atoms with Crippen molar-refractivity contribution in [2.45, 2.75) is 44.2 Å². The molecule has 3 aromatic rings. The van der Waals surface area contributed by atoms with E-state index in [0.717, 1.165) is 52.7 Å². The van der Waals surface area contributed by atoms with Crippen LogP contribution in [0.3, 0.4) is 0 Å². The first kappa shape index (κ1) is 18.3. The number of thioether (sulfide) groups is 1. The molecule has 0 saturated carbocycles. The average molecular weight is 401 g/mol. The highest BCUT2D eigenvalue weighted by Gasteiger charge is 2.26. The fourth-order valence-electron chi connectivity index (χ4n) is 3.66. The van der Waals surface area contributed by atoms with E-state index in [-0.39, 0.29) is 11.3 Å². The summed E-state index contributed by atoms with van der Waals surface area (Å²) in [7, 11) is 0. The van der Waals surface area contributed by atoms with Crippen molar-refractivity contribution in [3.63, 3.8) is 0 Å². The largest absolute Gasteiger partial charge is 0.481 e. The lowest BCUT2D eigenvalue weighted by Crippen LogP contribution is -2.23. The number of fused-ring (bicyclic) bond motifs is 3. The molecular formula is C20H20N2O3S2. The predicted molar refractivity (Wildman–Crippen MR) is 110 cm³/mol. The summed E-state index contributed by atoms with van der Waals surface area (Å²) in [6, 6.07) is 7.67. The normalized spacial score (nSPS) is 16.4. The Hall–Kier alpha value is -2.12. The zero-order chi connectivity index (χ0) is 19.1. The van der Waals surface area contributed by atoms with E-state index in [2.05, 4.69) is 6.92 Å². The van der Waals surface area contributed by atoms with E-state index in [1.807, 2.05) is 31.2 Å². The summed E-state index contributed by atoms with van der Waals surface area (Å²) < 4.78 is 1.57. The number of aryl methyl sites for hydroxylation is 2. The zero-order valence-electron chi connectivity index (χ0n) is 15.2. The minimum absolute atomic E-state index is 0.0945. The van der Waals surface area contributed by atoms with Gasteiger partial charge in [-0.25, -0.2) is 4.98 Å². The minimum atomic E-state index is -0.927. The lowest BCUT2D eigenvalue weighted by molar-refractivity contribution is -0.133. The van der Waals surface area contributed by atoms with Gasteiger partial charge in [0.1, 0.15) is 4.83 Å².